The van der Waals surface area contributed by atoms with Gasteiger partial charge in [-0.05, 0) is 31.4 Å². The molecule has 0 amide bonds. The lowest BCUT2D eigenvalue weighted by Crippen LogP contribution is -2.44. The fraction of sp³-hybridized carbons (Fsp3) is 0.533. The molecule has 120 valence electrons. The summed E-state index contributed by atoms with van der Waals surface area (Å²) >= 11 is 5.99. The van der Waals surface area contributed by atoms with Crippen molar-refractivity contribution in [3.05, 3.63) is 34.6 Å². The van der Waals surface area contributed by atoms with Crippen LogP contribution in [0.3, 0.4) is 0 Å². The molecular weight excluding hydrogens is 404 g/mol. The third kappa shape index (κ3) is 6.82. The summed E-state index contributed by atoms with van der Waals surface area (Å²) < 4.78 is 13.6. The number of guanidine groups is 1. The average molecular weight is 428 g/mol. The number of hydrogen-bond acceptors (Lipinski definition) is 1. The minimum Gasteiger partial charge on any atom is -0.356 e. The Balaban J connectivity index is 0.00000400. The number of nitrogens with zero attached hydrogens (tertiary/aromatic N) is 1. The fourth-order valence-electron chi connectivity index (χ4n) is 1.65. The molecule has 2 N–H and O–H groups in total. The van der Waals surface area contributed by atoms with E-state index >= 15 is 0 Å². The first-order valence-corrected chi connectivity index (χ1v) is 7.23. The zero-order valence-corrected chi connectivity index (χ0v) is 16.0. The summed E-state index contributed by atoms with van der Waals surface area (Å²) in [6, 6.07) is 5.06. The number of rotatable bonds is 5. The highest BCUT2D eigenvalue weighted by atomic mass is 127. The SMILES string of the molecule is CN=C(NCCc1c(F)cccc1Cl)NC(C)C(C)C.I. The van der Waals surface area contributed by atoms with Crippen LogP contribution in [0.25, 0.3) is 0 Å². The number of halogens is 3. The second-order valence-corrected chi connectivity index (χ2v) is 5.53. The van der Waals surface area contributed by atoms with E-state index in [-0.39, 0.29) is 29.8 Å². The van der Waals surface area contributed by atoms with Crippen molar-refractivity contribution in [2.24, 2.45) is 10.9 Å². The molecule has 0 saturated heterocycles. The van der Waals surface area contributed by atoms with Gasteiger partial charge >= 0.3 is 0 Å². The summed E-state index contributed by atoms with van der Waals surface area (Å²) in [5, 5.41) is 6.93. The van der Waals surface area contributed by atoms with E-state index in [9.17, 15) is 4.39 Å². The summed E-state index contributed by atoms with van der Waals surface area (Å²) in [4.78, 5) is 4.15. The van der Waals surface area contributed by atoms with Crippen molar-refractivity contribution in [2.75, 3.05) is 13.6 Å². The molecule has 3 nitrogen and oxygen atoms in total. The van der Waals surface area contributed by atoms with Crippen LogP contribution < -0.4 is 10.6 Å². The van der Waals surface area contributed by atoms with Crippen molar-refractivity contribution in [3.63, 3.8) is 0 Å². The maximum Gasteiger partial charge on any atom is 0.191 e. The zero-order chi connectivity index (χ0) is 15.1. The van der Waals surface area contributed by atoms with E-state index < -0.39 is 0 Å². The molecule has 0 saturated carbocycles. The highest BCUT2D eigenvalue weighted by Crippen LogP contribution is 2.18. The summed E-state index contributed by atoms with van der Waals surface area (Å²) in [6.45, 7) is 6.96. The van der Waals surface area contributed by atoms with Gasteiger partial charge in [0.2, 0.25) is 0 Å². The predicted molar refractivity (Wildman–Crippen MR) is 99.3 cm³/mol. The monoisotopic (exact) mass is 427 g/mol. The van der Waals surface area contributed by atoms with Gasteiger partial charge in [-0.1, -0.05) is 31.5 Å². The quantitative estimate of drug-likeness (QED) is 0.425. The van der Waals surface area contributed by atoms with Crippen molar-refractivity contribution < 1.29 is 4.39 Å². The van der Waals surface area contributed by atoms with Gasteiger partial charge in [0.15, 0.2) is 5.96 Å². The van der Waals surface area contributed by atoms with E-state index in [1.807, 2.05) is 0 Å². The Hall–Kier alpha value is -0.560. The van der Waals surface area contributed by atoms with E-state index in [1.165, 1.54) is 6.07 Å². The molecule has 1 aromatic rings. The van der Waals surface area contributed by atoms with Crippen LogP contribution in [-0.2, 0) is 6.42 Å². The van der Waals surface area contributed by atoms with Gasteiger partial charge in [0.05, 0.1) is 0 Å². The standard InChI is InChI=1S/C15H23ClFN3.HI/c1-10(2)11(3)20-15(18-4)19-9-8-12-13(16)6-5-7-14(12)17;/h5-7,10-11H,8-9H2,1-4H3,(H2,18,19,20);1H. The van der Waals surface area contributed by atoms with Crippen LogP contribution in [0.2, 0.25) is 5.02 Å². The molecular formula is C15H24ClFIN3. The van der Waals surface area contributed by atoms with Crippen LogP contribution >= 0.6 is 35.6 Å². The van der Waals surface area contributed by atoms with Crippen molar-refractivity contribution in [1.82, 2.24) is 10.6 Å². The second kappa shape index (κ2) is 10.2. The number of nitrogens with one attached hydrogen (secondary N) is 2. The average Bonchev–Trinajstić information content (AvgIpc) is 2.40. The molecule has 0 aliphatic carbocycles. The maximum absolute atomic E-state index is 13.6. The lowest BCUT2D eigenvalue weighted by Gasteiger charge is -2.20. The predicted octanol–water partition coefficient (Wildman–Crippen LogP) is 3.85. The normalized spacial score (nSPS) is 12.8. The van der Waals surface area contributed by atoms with Crippen LogP contribution in [0.5, 0.6) is 0 Å². The number of aliphatic imine (C=N–C) groups is 1. The van der Waals surface area contributed by atoms with Gasteiger partial charge in [0.1, 0.15) is 5.82 Å². The van der Waals surface area contributed by atoms with Gasteiger partial charge in [-0.3, -0.25) is 4.99 Å². The topological polar surface area (TPSA) is 36.4 Å². The first-order chi connectivity index (χ1) is 9.45. The Kier molecular flexibility index (Phi) is 9.94. The van der Waals surface area contributed by atoms with Gasteiger partial charge in [-0.25, -0.2) is 4.39 Å². The first-order valence-electron chi connectivity index (χ1n) is 6.85. The fourth-order valence-corrected chi connectivity index (χ4v) is 1.91. The van der Waals surface area contributed by atoms with E-state index in [0.717, 1.165) is 5.96 Å². The summed E-state index contributed by atoms with van der Waals surface area (Å²) in [6.07, 6.45) is 0.516. The van der Waals surface area contributed by atoms with Crippen LogP contribution in [0.4, 0.5) is 4.39 Å². The summed E-state index contributed by atoms with van der Waals surface area (Å²) in [7, 11) is 1.72. The molecule has 0 aliphatic rings. The minimum absolute atomic E-state index is 0. The van der Waals surface area contributed by atoms with Gasteiger partial charge in [0.25, 0.3) is 0 Å². The van der Waals surface area contributed by atoms with Gasteiger partial charge in [-0.2, -0.15) is 0 Å². The van der Waals surface area contributed by atoms with Crippen LogP contribution in [0.1, 0.15) is 26.3 Å². The Labute approximate surface area is 148 Å². The number of hydrogen-bond donors (Lipinski definition) is 2. The summed E-state index contributed by atoms with van der Waals surface area (Å²) in [5.74, 6) is 0.964. The molecule has 0 aromatic heterocycles. The smallest absolute Gasteiger partial charge is 0.191 e. The molecule has 0 heterocycles. The molecule has 0 bridgehead atoms. The molecule has 1 aromatic carbocycles. The molecule has 1 unspecified atom stereocenters. The third-order valence-corrected chi connectivity index (χ3v) is 3.67. The largest absolute Gasteiger partial charge is 0.356 e. The van der Waals surface area contributed by atoms with Crippen LogP contribution in [0.15, 0.2) is 23.2 Å². The Morgan fingerprint density at radius 3 is 2.52 bits per heavy atom. The van der Waals surface area contributed by atoms with Crippen LogP contribution in [0, 0.1) is 11.7 Å². The molecule has 0 fully saturated rings. The first kappa shape index (κ1) is 20.4. The molecule has 6 heteroatoms. The van der Waals surface area contributed by atoms with E-state index in [1.54, 1.807) is 19.2 Å². The highest BCUT2D eigenvalue weighted by molar-refractivity contribution is 14.0. The molecule has 0 spiro atoms. The minimum atomic E-state index is -0.266. The zero-order valence-electron chi connectivity index (χ0n) is 12.9. The molecule has 21 heavy (non-hydrogen) atoms. The van der Waals surface area contributed by atoms with Crippen molar-refractivity contribution in [3.8, 4) is 0 Å². The lowest BCUT2D eigenvalue weighted by molar-refractivity contribution is 0.481. The molecule has 0 radical (unpaired) electrons. The lowest BCUT2D eigenvalue weighted by atomic mass is 10.1. The van der Waals surface area contributed by atoms with Crippen LogP contribution in [-0.4, -0.2) is 25.6 Å². The highest BCUT2D eigenvalue weighted by Gasteiger charge is 2.10. The maximum atomic E-state index is 13.6. The Morgan fingerprint density at radius 2 is 2.00 bits per heavy atom. The van der Waals surface area contributed by atoms with Gasteiger partial charge in [0, 0.05) is 30.2 Å². The number of benzene rings is 1. The van der Waals surface area contributed by atoms with Gasteiger partial charge < -0.3 is 10.6 Å². The molecule has 0 aliphatic heterocycles. The van der Waals surface area contributed by atoms with Crippen molar-refractivity contribution in [2.45, 2.75) is 33.2 Å². The van der Waals surface area contributed by atoms with E-state index in [0.29, 0.717) is 35.5 Å². The van der Waals surface area contributed by atoms with E-state index in [4.69, 9.17) is 11.6 Å². The van der Waals surface area contributed by atoms with Crippen molar-refractivity contribution >= 4 is 41.5 Å². The Bertz CT molecular complexity index is 446. The third-order valence-electron chi connectivity index (χ3n) is 3.32. The second-order valence-electron chi connectivity index (χ2n) is 5.13. The van der Waals surface area contributed by atoms with E-state index in [2.05, 4.69) is 36.4 Å². The molecule has 1 rings (SSSR count). The summed E-state index contributed by atoms with van der Waals surface area (Å²) in [5.41, 5.74) is 0.536. The van der Waals surface area contributed by atoms with Crippen molar-refractivity contribution in [1.29, 1.82) is 0 Å². The van der Waals surface area contributed by atoms with Gasteiger partial charge in [-0.15, -0.1) is 24.0 Å². The Morgan fingerprint density at radius 1 is 1.33 bits per heavy atom. The molecule has 1 atom stereocenters.